The van der Waals surface area contributed by atoms with Crippen LogP contribution in [0, 0.1) is 5.92 Å². The fourth-order valence-corrected chi connectivity index (χ4v) is 2.77. The molecule has 2 aliphatic rings. The molecule has 2 N–H and O–H groups in total. The van der Waals surface area contributed by atoms with E-state index in [1.54, 1.807) is 0 Å². The van der Waals surface area contributed by atoms with Crippen LogP contribution in [0.15, 0.2) is 65.2 Å². The monoisotopic (exact) mass is 264 g/mol. The molecule has 102 valence electrons. The van der Waals surface area contributed by atoms with E-state index in [-0.39, 0.29) is 6.17 Å². The van der Waals surface area contributed by atoms with Crippen molar-refractivity contribution in [1.29, 1.82) is 0 Å². The molecule has 1 aliphatic heterocycles. The van der Waals surface area contributed by atoms with Crippen molar-refractivity contribution in [2.75, 3.05) is 0 Å². The summed E-state index contributed by atoms with van der Waals surface area (Å²) in [7, 11) is 0. The van der Waals surface area contributed by atoms with Crippen molar-refractivity contribution in [3.8, 4) is 0 Å². The molecule has 20 heavy (non-hydrogen) atoms. The van der Waals surface area contributed by atoms with Gasteiger partial charge in [-0.2, -0.15) is 0 Å². The predicted molar refractivity (Wildman–Crippen MR) is 85.5 cm³/mol. The summed E-state index contributed by atoms with van der Waals surface area (Å²) >= 11 is 0. The SMILES string of the molecule is CC1C=CC=C(C2=NC(N)CC(c3ccccc3)=C2)C1. The smallest absolute Gasteiger partial charge is 0.102 e. The Balaban J connectivity index is 1.93. The number of hydrogen-bond acceptors (Lipinski definition) is 2. The number of benzene rings is 1. The van der Waals surface area contributed by atoms with Crippen LogP contribution >= 0.6 is 0 Å². The summed E-state index contributed by atoms with van der Waals surface area (Å²) in [5.41, 5.74) is 11.0. The maximum Gasteiger partial charge on any atom is 0.102 e. The minimum absolute atomic E-state index is 0.132. The second-order valence-electron chi connectivity index (χ2n) is 5.58. The summed E-state index contributed by atoms with van der Waals surface area (Å²) in [6, 6.07) is 10.5. The van der Waals surface area contributed by atoms with Gasteiger partial charge < -0.3 is 5.73 Å². The maximum absolute atomic E-state index is 6.12. The molecule has 2 nitrogen and oxygen atoms in total. The standard InChI is InChI=1S/C18H20N2/c1-13-6-5-9-15(10-13)17-11-16(12-18(19)20-17)14-7-3-2-4-8-14/h2-9,11,13,18H,10,12,19H2,1H3. The van der Waals surface area contributed by atoms with Crippen molar-refractivity contribution in [3.05, 3.63) is 65.8 Å². The highest BCUT2D eigenvalue weighted by Gasteiger charge is 2.18. The lowest BCUT2D eigenvalue weighted by molar-refractivity contribution is 0.707. The van der Waals surface area contributed by atoms with Gasteiger partial charge in [-0.25, -0.2) is 0 Å². The molecule has 1 aliphatic carbocycles. The highest BCUT2D eigenvalue weighted by Crippen LogP contribution is 2.27. The minimum atomic E-state index is -0.132. The molecule has 0 radical (unpaired) electrons. The van der Waals surface area contributed by atoms with Gasteiger partial charge in [0.15, 0.2) is 0 Å². The van der Waals surface area contributed by atoms with E-state index < -0.39 is 0 Å². The van der Waals surface area contributed by atoms with Crippen LogP contribution in [-0.4, -0.2) is 11.9 Å². The van der Waals surface area contributed by atoms with Gasteiger partial charge in [-0.15, -0.1) is 0 Å². The first kappa shape index (κ1) is 13.1. The Morgan fingerprint density at radius 3 is 2.65 bits per heavy atom. The molecule has 1 aromatic rings. The van der Waals surface area contributed by atoms with Crippen LogP contribution in [0.1, 0.15) is 25.3 Å². The van der Waals surface area contributed by atoms with Crippen LogP contribution in [0.2, 0.25) is 0 Å². The minimum Gasteiger partial charge on any atom is -0.309 e. The van der Waals surface area contributed by atoms with E-state index in [0.29, 0.717) is 5.92 Å². The van der Waals surface area contributed by atoms with Crippen LogP contribution in [0.4, 0.5) is 0 Å². The van der Waals surface area contributed by atoms with Crippen molar-refractivity contribution in [3.63, 3.8) is 0 Å². The third kappa shape index (κ3) is 2.81. The third-order valence-electron chi connectivity index (χ3n) is 3.80. The Kier molecular flexibility index (Phi) is 3.66. The lowest BCUT2D eigenvalue weighted by atomic mass is 9.89. The molecule has 0 amide bonds. The maximum atomic E-state index is 6.12. The Morgan fingerprint density at radius 2 is 1.90 bits per heavy atom. The molecule has 0 spiro atoms. The normalized spacial score (nSPS) is 25.8. The number of nitrogens with zero attached hydrogens (tertiary/aromatic N) is 1. The van der Waals surface area contributed by atoms with Crippen LogP contribution in [-0.2, 0) is 0 Å². The highest BCUT2D eigenvalue weighted by atomic mass is 14.9. The van der Waals surface area contributed by atoms with Crippen LogP contribution in [0.3, 0.4) is 0 Å². The Hall–Kier alpha value is -1.93. The molecule has 1 aromatic carbocycles. The zero-order valence-corrected chi connectivity index (χ0v) is 11.8. The third-order valence-corrected chi connectivity index (χ3v) is 3.80. The number of hydrogen-bond donors (Lipinski definition) is 1. The Bertz CT molecular complexity index is 606. The first-order valence-electron chi connectivity index (χ1n) is 7.19. The Labute approximate surface area is 120 Å². The van der Waals surface area contributed by atoms with Crippen LogP contribution in [0.5, 0.6) is 0 Å². The zero-order valence-electron chi connectivity index (χ0n) is 11.8. The largest absolute Gasteiger partial charge is 0.309 e. The molecule has 0 bridgehead atoms. The summed E-state index contributed by atoms with van der Waals surface area (Å²) in [5, 5.41) is 0. The summed E-state index contributed by atoms with van der Waals surface area (Å²) in [6.45, 7) is 2.23. The van der Waals surface area contributed by atoms with Crippen molar-refractivity contribution in [2.45, 2.75) is 25.9 Å². The fourth-order valence-electron chi connectivity index (χ4n) is 2.77. The zero-order chi connectivity index (χ0) is 13.9. The molecule has 0 saturated heterocycles. The fraction of sp³-hybridized carbons (Fsp3) is 0.278. The molecule has 1 heterocycles. The molecule has 0 fully saturated rings. The first-order valence-corrected chi connectivity index (χ1v) is 7.19. The van der Waals surface area contributed by atoms with Gasteiger partial charge in [0.1, 0.15) is 6.17 Å². The number of aliphatic imine (C=N–C) groups is 1. The molecule has 2 heteroatoms. The second kappa shape index (κ2) is 5.59. The van der Waals surface area contributed by atoms with Gasteiger partial charge in [-0.1, -0.05) is 55.5 Å². The second-order valence-corrected chi connectivity index (χ2v) is 5.58. The lowest BCUT2D eigenvalue weighted by Gasteiger charge is -2.22. The summed E-state index contributed by atoms with van der Waals surface area (Å²) in [5.74, 6) is 0.574. The average Bonchev–Trinajstić information content (AvgIpc) is 2.47. The van der Waals surface area contributed by atoms with Crippen molar-refractivity contribution in [1.82, 2.24) is 0 Å². The number of allylic oxidation sites excluding steroid dienone is 5. The van der Waals surface area contributed by atoms with E-state index in [4.69, 9.17) is 5.73 Å². The molecule has 2 atom stereocenters. The molecular weight excluding hydrogens is 244 g/mol. The van der Waals surface area contributed by atoms with E-state index in [0.717, 1.165) is 18.6 Å². The van der Waals surface area contributed by atoms with E-state index >= 15 is 0 Å². The van der Waals surface area contributed by atoms with E-state index in [2.05, 4.69) is 60.5 Å². The molecular formula is C18H20N2. The van der Waals surface area contributed by atoms with Gasteiger partial charge in [-0.05, 0) is 35.1 Å². The van der Waals surface area contributed by atoms with Crippen LogP contribution in [0.25, 0.3) is 5.57 Å². The topological polar surface area (TPSA) is 38.4 Å². The van der Waals surface area contributed by atoms with E-state index in [1.807, 2.05) is 6.07 Å². The summed E-state index contributed by atoms with van der Waals surface area (Å²) in [6.07, 6.45) is 10.4. The van der Waals surface area contributed by atoms with Gasteiger partial charge >= 0.3 is 0 Å². The van der Waals surface area contributed by atoms with Crippen LogP contribution < -0.4 is 5.73 Å². The average molecular weight is 264 g/mol. The number of dihydropyridines is 1. The molecule has 2 unspecified atom stereocenters. The van der Waals surface area contributed by atoms with Crippen molar-refractivity contribution >= 4 is 11.3 Å². The first-order chi connectivity index (χ1) is 9.72. The van der Waals surface area contributed by atoms with Gasteiger partial charge in [-0.3, -0.25) is 4.99 Å². The number of rotatable bonds is 2. The summed E-state index contributed by atoms with van der Waals surface area (Å²) < 4.78 is 0. The highest BCUT2D eigenvalue weighted by molar-refractivity contribution is 6.13. The Morgan fingerprint density at radius 1 is 1.10 bits per heavy atom. The summed E-state index contributed by atoms with van der Waals surface area (Å²) in [4.78, 5) is 4.63. The quantitative estimate of drug-likeness (QED) is 0.868. The molecule has 0 aromatic heterocycles. The molecule has 0 saturated carbocycles. The lowest BCUT2D eigenvalue weighted by Crippen LogP contribution is -2.24. The van der Waals surface area contributed by atoms with Gasteiger partial charge in [0.05, 0.1) is 5.71 Å². The van der Waals surface area contributed by atoms with Gasteiger partial charge in [0, 0.05) is 6.42 Å². The molecule has 3 rings (SSSR count). The van der Waals surface area contributed by atoms with E-state index in [1.165, 1.54) is 16.7 Å². The number of nitrogens with two attached hydrogens (primary N) is 1. The van der Waals surface area contributed by atoms with Gasteiger partial charge in [0.2, 0.25) is 0 Å². The van der Waals surface area contributed by atoms with Crippen molar-refractivity contribution in [2.24, 2.45) is 16.6 Å². The predicted octanol–water partition coefficient (Wildman–Crippen LogP) is 3.72. The van der Waals surface area contributed by atoms with Crippen molar-refractivity contribution < 1.29 is 0 Å². The van der Waals surface area contributed by atoms with E-state index in [9.17, 15) is 0 Å². The van der Waals surface area contributed by atoms with Gasteiger partial charge in [0.25, 0.3) is 0 Å².